The molecule has 2 rings (SSSR count). The van der Waals surface area contributed by atoms with Crippen LogP contribution in [0.1, 0.15) is 51.8 Å². The highest BCUT2D eigenvalue weighted by atomic mass is 32.1. The monoisotopic (exact) mass is 238 g/mol. The molecule has 2 nitrogen and oxygen atoms in total. The molecule has 0 saturated heterocycles. The molecule has 0 aromatic carbocycles. The van der Waals surface area contributed by atoms with Crippen LogP contribution in [-0.4, -0.2) is 11.0 Å². The van der Waals surface area contributed by atoms with Crippen molar-refractivity contribution in [2.45, 2.75) is 52.1 Å². The first-order valence-electron chi connectivity index (χ1n) is 6.31. The number of nitrogens with zero attached hydrogens (tertiary/aromatic N) is 1. The first kappa shape index (κ1) is 12.1. The zero-order valence-corrected chi connectivity index (χ0v) is 11.3. The van der Waals surface area contributed by atoms with Crippen molar-refractivity contribution in [1.82, 2.24) is 10.3 Å². The fourth-order valence-corrected chi connectivity index (χ4v) is 3.40. The number of nitrogens with one attached hydrogen (secondary N) is 1. The van der Waals surface area contributed by atoms with Crippen LogP contribution in [0.4, 0.5) is 0 Å². The lowest BCUT2D eigenvalue weighted by Crippen LogP contribution is -2.40. The van der Waals surface area contributed by atoms with E-state index in [0.717, 1.165) is 11.8 Å². The van der Waals surface area contributed by atoms with E-state index in [0.29, 0.717) is 12.1 Å². The van der Waals surface area contributed by atoms with Gasteiger partial charge in [0.25, 0.3) is 0 Å². The Morgan fingerprint density at radius 1 is 1.44 bits per heavy atom. The van der Waals surface area contributed by atoms with Gasteiger partial charge in [-0.1, -0.05) is 13.8 Å². The van der Waals surface area contributed by atoms with Gasteiger partial charge in [-0.05, 0) is 38.0 Å². The lowest BCUT2D eigenvalue weighted by Gasteiger charge is -2.34. The quantitative estimate of drug-likeness (QED) is 0.870. The van der Waals surface area contributed by atoms with E-state index < -0.39 is 0 Å². The van der Waals surface area contributed by atoms with Gasteiger partial charge in [-0.25, -0.2) is 4.98 Å². The average Bonchev–Trinajstić information content (AvgIpc) is 2.75. The molecular formula is C13H22N2S. The molecule has 1 aliphatic rings. The van der Waals surface area contributed by atoms with Gasteiger partial charge in [0.1, 0.15) is 0 Å². The highest BCUT2D eigenvalue weighted by molar-refractivity contribution is 7.07. The van der Waals surface area contributed by atoms with Crippen LogP contribution in [0, 0.1) is 11.8 Å². The second-order valence-electron chi connectivity index (χ2n) is 5.30. The molecule has 3 heteroatoms. The Labute approximate surface area is 102 Å². The van der Waals surface area contributed by atoms with Crippen LogP contribution in [0.3, 0.4) is 0 Å². The summed E-state index contributed by atoms with van der Waals surface area (Å²) in [5, 5.41) is 5.88. The molecule has 1 aromatic rings. The Balaban J connectivity index is 1.89. The normalized spacial score (nSPS) is 32.6. The van der Waals surface area contributed by atoms with Crippen molar-refractivity contribution >= 4 is 11.3 Å². The Morgan fingerprint density at radius 3 is 2.88 bits per heavy atom. The Hall–Kier alpha value is -0.410. The van der Waals surface area contributed by atoms with Crippen LogP contribution >= 0.6 is 11.3 Å². The van der Waals surface area contributed by atoms with Crippen LogP contribution in [0.25, 0.3) is 0 Å². The van der Waals surface area contributed by atoms with Crippen molar-refractivity contribution in [2.24, 2.45) is 11.8 Å². The fourth-order valence-electron chi connectivity index (χ4n) is 2.76. The summed E-state index contributed by atoms with van der Waals surface area (Å²) in [6.07, 6.45) is 4.05. The van der Waals surface area contributed by atoms with E-state index >= 15 is 0 Å². The Morgan fingerprint density at radius 2 is 2.25 bits per heavy atom. The summed E-state index contributed by atoms with van der Waals surface area (Å²) >= 11 is 1.68. The summed E-state index contributed by atoms with van der Waals surface area (Å²) in [5.41, 5.74) is 3.11. The first-order valence-corrected chi connectivity index (χ1v) is 7.25. The van der Waals surface area contributed by atoms with Crippen molar-refractivity contribution in [2.75, 3.05) is 0 Å². The van der Waals surface area contributed by atoms with Crippen LogP contribution in [0.5, 0.6) is 0 Å². The largest absolute Gasteiger partial charge is 0.306 e. The fraction of sp³-hybridized carbons (Fsp3) is 0.769. The van der Waals surface area contributed by atoms with Gasteiger partial charge < -0.3 is 5.32 Å². The minimum Gasteiger partial charge on any atom is -0.306 e. The molecule has 0 amide bonds. The molecule has 1 heterocycles. The zero-order chi connectivity index (χ0) is 11.5. The smallest absolute Gasteiger partial charge is 0.0795 e. The summed E-state index contributed by atoms with van der Waals surface area (Å²) in [5.74, 6) is 1.70. The van der Waals surface area contributed by atoms with Crippen molar-refractivity contribution in [1.29, 1.82) is 0 Å². The number of thiazole rings is 1. The predicted octanol–water partition coefficient (Wildman–Crippen LogP) is 3.62. The third kappa shape index (κ3) is 2.83. The minimum atomic E-state index is 0.395. The predicted molar refractivity (Wildman–Crippen MR) is 69.6 cm³/mol. The van der Waals surface area contributed by atoms with Gasteiger partial charge in [-0.15, -0.1) is 11.3 Å². The van der Waals surface area contributed by atoms with E-state index in [1.807, 2.05) is 5.51 Å². The summed E-state index contributed by atoms with van der Waals surface area (Å²) in [7, 11) is 0. The van der Waals surface area contributed by atoms with Crippen LogP contribution in [0.15, 0.2) is 10.9 Å². The summed E-state index contributed by atoms with van der Waals surface area (Å²) in [4.78, 5) is 4.38. The highest BCUT2D eigenvalue weighted by Crippen LogP contribution is 2.30. The Kier molecular flexibility index (Phi) is 3.98. The third-order valence-corrected chi connectivity index (χ3v) is 4.40. The molecule has 1 aromatic heterocycles. The number of rotatable bonds is 3. The van der Waals surface area contributed by atoms with Gasteiger partial charge in [-0.2, -0.15) is 0 Å². The minimum absolute atomic E-state index is 0.395. The van der Waals surface area contributed by atoms with Crippen molar-refractivity contribution in [3.8, 4) is 0 Å². The van der Waals surface area contributed by atoms with Crippen LogP contribution in [-0.2, 0) is 0 Å². The van der Waals surface area contributed by atoms with E-state index in [1.54, 1.807) is 11.3 Å². The van der Waals surface area contributed by atoms with E-state index in [2.05, 4.69) is 36.5 Å². The summed E-state index contributed by atoms with van der Waals surface area (Å²) in [6, 6.07) is 1.07. The molecule has 4 unspecified atom stereocenters. The molecule has 0 spiro atoms. The van der Waals surface area contributed by atoms with Gasteiger partial charge in [0, 0.05) is 17.5 Å². The maximum atomic E-state index is 4.38. The second kappa shape index (κ2) is 5.28. The molecule has 90 valence electrons. The lowest BCUT2D eigenvalue weighted by atomic mass is 9.79. The summed E-state index contributed by atoms with van der Waals surface area (Å²) < 4.78 is 0. The topological polar surface area (TPSA) is 24.9 Å². The van der Waals surface area contributed by atoms with E-state index in [-0.39, 0.29) is 0 Å². The van der Waals surface area contributed by atoms with Gasteiger partial charge >= 0.3 is 0 Å². The van der Waals surface area contributed by atoms with Crippen molar-refractivity contribution < 1.29 is 0 Å². The molecular weight excluding hydrogens is 216 g/mol. The lowest BCUT2D eigenvalue weighted by molar-refractivity contribution is 0.216. The standard InChI is InChI=1S/C13H22N2S/c1-9-4-5-12(10(2)6-9)15-11(3)13-7-16-8-14-13/h7-12,15H,4-6H2,1-3H3. The molecule has 1 fully saturated rings. The molecule has 0 radical (unpaired) electrons. The molecule has 16 heavy (non-hydrogen) atoms. The number of hydrogen-bond donors (Lipinski definition) is 1. The molecule has 1 aliphatic carbocycles. The van der Waals surface area contributed by atoms with E-state index in [9.17, 15) is 0 Å². The van der Waals surface area contributed by atoms with Crippen molar-refractivity contribution in [3.05, 3.63) is 16.6 Å². The van der Waals surface area contributed by atoms with Gasteiger partial charge in [0.2, 0.25) is 0 Å². The van der Waals surface area contributed by atoms with E-state index in [1.165, 1.54) is 25.0 Å². The maximum absolute atomic E-state index is 4.38. The SMILES string of the molecule is CC1CCC(NC(C)c2cscn2)C(C)C1. The van der Waals surface area contributed by atoms with Gasteiger partial charge in [0.15, 0.2) is 0 Å². The van der Waals surface area contributed by atoms with Crippen molar-refractivity contribution in [3.63, 3.8) is 0 Å². The molecule has 1 N–H and O–H groups in total. The van der Waals surface area contributed by atoms with E-state index in [4.69, 9.17) is 0 Å². The maximum Gasteiger partial charge on any atom is 0.0795 e. The summed E-state index contributed by atoms with van der Waals surface area (Å²) in [6.45, 7) is 6.97. The van der Waals surface area contributed by atoms with Crippen LogP contribution in [0.2, 0.25) is 0 Å². The zero-order valence-electron chi connectivity index (χ0n) is 10.4. The van der Waals surface area contributed by atoms with Gasteiger partial charge in [-0.3, -0.25) is 0 Å². The molecule has 0 aliphatic heterocycles. The van der Waals surface area contributed by atoms with Crippen LogP contribution < -0.4 is 5.32 Å². The third-order valence-electron chi connectivity index (χ3n) is 3.79. The Bertz CT molecular complexity index is 310. The molecule has 4 atom stereocenters. The second-order valence-corrected chi connectivity index (χ2v) is 6.02. The van der Waals surface area contributed by atoms with Gasteiger partial charge in [0.05, 0.1) is 11.2 Å². The number of aromatic nitrogens is 1. The number of hydrogen-bond acceptors (Lipinski definition) is 3. The molecule has 1 saturated carbocycles. The first-order chi connectivity index (χ1) is 7.66. The average molecular weight is 238 g/mol. The molecule has 0 bridgehead atoms. The highest BCUT2D eigenvalue weighted by Gasteiger charge is 2.26.